The van der Waals surface area contributed by atoms with Crippen LogP contribution in [-0.4, -0.2) is 6.61 Å². The SMILES string of the molecule is CCCCC(Br)c1ccc(OCCC)c(Br)c1. The van der Waals surface area contributed by atoms with Gasteiger partial charge in [0.1, 0.15) is 5.75 Å². The molecule has 1 rings (SSSR count). The fraction of sp³-hybridized carbons (Fsp3) is 0.571. The second-order valence-electron chi connectivity index (χ2n) is 4.15. The zero-order chi connectivity index (χ0) is 12.7. The molecule has 0 spiro atoms. The van der Waals surface area contributed by atoms with Gasteiger partial charge >= 0.3 is 0 Å². The van der Waals surface area contributed by atoms with Crippen LogP contribution in [0.25, 0.3) is 0 Å². The van der Waals surface area contributed by atoms with Crippen molar-refractivity contribution in [3.63, 3.8) is 0 Å². The Morgan fingerprint density at radius 1 is 1.24 bits per heavy atom. The van der Waals surface area contributed by atoms with Gasteiger partial charge in [-0.1, -0.05) is 48.7 Å². The minimum atomic E-state index is 0.443. The molecule has 1 aromatic rings. The summed E-state index contributed by atoms with van der Waals surface area (Å²) in [6.45, 7) is 5.10. The first-order valence-corrected chi connectivity index (χ1v) is 7.96. The van der Waals surface area contributed by atoms with Crippen molar-refractivity contribution in [3.8, 4) is 5.75 Å². The highest BCUT2D eigenvalue weighted by molar-refractivity contribution is 9.10. The first-order chi connectivity index (χ1) is 8.19. The molecule has 0 saturated heterocycles. The van der Waals surface area contributed by atoms with E-state index in [1.165, 1.54) is 24.8 Å². The second kappa shape index (κ2) is 8.15. The topological polar surface area (TPSA) is 9.23 Å². The Morgan fingerprint density at radius 3 is 2.59 bits per heavy atom. The van der Waals surface area contributed by atoms with E-state index in [1.54, 1.807) is 0 Å². The normalized spacial score (nSPS) is 12.5. The lowest BCUT2D eigenvalue weighted by Crippen LogP contribution is -1.97. The average molecular weight is 364 g/mol. The van der Waals surface area contributed by atoms with E-state index in [2.05, 4.69) is 63.9 Å². The van der Waals surface area contributed by atoms with E-state index >= 15 is 0 Å². The molecule has 3 heteroatoms. The summed E-state index contributed by atoms with van der Waals surface area (Å²) in [5.41, 5.74) is 1.31. The van der Waals surface area contributed by atoms with Gasteiger partial charge in [0.05, 0.1) is 11.1 Å². The predicted octanol–water partition coefficient (Wildman–Crippen LogP) is 5.86. The number of benzene rings is 1. The van der Waals surface area contributed by atoms with Crippen molar-refractivity contribution in [1.82, 2.24) is 0 Å². The Labute approximate surface area is 121 Å². The molecule has 17 heavy (non-hydrogen) atoms. The van der Waals surface area contributed by atoms with E-state index in [0.717, 1.165) is 23.2 Å². The van der Waals surface area contributed by atoms with Gasteiger partial charge in [-0.25, -0.2) is 0 Å². The van der Waals surface area contributed by atoms with Crippen LogP contribution in [0.3, 0.4) is 0 Å². The highest BCUT2D eigenvalue weighted by Gasteiger charge is 2.09. The van der Waals surface area contributed by atoms with Gasteiger partial charge in [-0.15, -0.1) is 0 Å². The van der Waals surface area contributed by atoms with Crippen LogP contribution >= 0.6 is 31.9 Å². The Bertz CT molecular complexity index is 339. The van der Waals surface area contributed by atoms with E-state index < -0.39 is 0 Å². The monoisotopic (exact) mass is 362 g/mol. The van der Waals surface area contributed by atoms with Gasteiger partial charge in [0.25, 0.3) is 0 Å². The molecule has 0 radical (unpaired) electrons. The maximum atomic E-state index is 5.64. The van der Waals surface area contributed by atoms with Crippen molar-refractivity contribution >= 4 is 31.9 Å². The summed E-state index contributed by atoms with van der Waals surface area (Å²) in [4.78, 5) is 0.443. The summed E-state index contributed by atoms with van der Waals surface area (Å²) >= 11 is 7.30. The number of unbranched alkanes of at least 4 members (excludes halogenated alkanes) is 1. The molecule has 1 nitrogen and oxygen atoms in total. The number of rotatable bonds is 7. The first kappa shape index (κ1) is 15.0. The van der Waals surface area contributed by atoms with Crippen LogP contribution in [-0.2, 0) is 0 Å². The molecule has 0 fully saturated rings. The highest BCUT2D eigenvalue weighted by Crippen LogP contribution is 2.34. The molecule has 0 N–H and O–H groups in total. The predicted molar refractivity (Wildman–Crippen MR) is 81.1 cm³/mol. The Kier molecular flexibility index (Phi) is 7.21. The molecule has 0 saturated carbocycles. The van der Waals surface area contributed by atoms with E-state index in [1.807, 2.05) is 0 Å². The first-order valence-electron chi connectivity index (χ1n) is 6.25. The van der Waals surface area contributed by atoms with Gasteiger partial charge in [0.2, 0.25) is 0 Å². The van der Waals surface area contributed by atoms with Crippen LogP contribution in [0, 0.1) is 0 Å². The van der Waals surface area contributed by atoms with Crippen LogP contribution in [0.2, 0.25) is 0 Å². The van der Waals surface area contributed by atoms with Crippen LogP contribution in [0.5, 0.6) is 5.75 Å². The standard InChI is InChI=1S/C14H20Br2O/c1-3-5-6-12(15)11-7-8-14(13(16)10-11)17-9-4-2/h7-8,10,12H,3-6,9H2,1-2H3. The van der Waals surface area contributed by atoms with Crippen molar-refractivity contribution in [2.75, 3.05) is 6.61 Å². The quantitative estimate of drug-likeness (QED) is 0.551. The second-order valence-corrected chi connectivity index (χ2v) is 6.11. The number of alkyl halides is 1. The molecule has 0 amide bonds. The van der Waals surface area contributed by atoms with Crippen LogP contribution in [0.15, 0.2) is 22.7 Å². The summed E-state index contributed by atoms with van der Waals surface area (Å²) < 4.78 is 6.69. The van der Waals surface area contributed by atoms with Gasteiger partial charge in [-0.2, -0.15) is 0 Å². The molecule has 1 aromatic carbocycles. The summed E-state index contributed by atoms with van der Waals surface area (Å²) in [5, 5.41) is 0. The smallest absolute Gasteiger partial charge is 0.133 e. The van der Waals surface area contributed by atoms with E-state index in [4.69, 9.17) is 4.74 Å². The zero-order valence-electron chi connectivity index (χ0n) is 10.5. The Hall–Kier alpha value is -0.0200. The largest absolute Gasteiger partial charge is 0.492 e. The molecule has 0 heterocycles. The summed E-state index contributed by atoms with van der Waals surface area (Å²) in [7, 11) is 0. The van der Waals surface area contributed by atoms with E-state index in [9.17, 15) is 0 Å². The molecule has 1 atom stereocenters. The number of halogens is 2. The maximum absolute atomic E-state index is 5.64. The lowest BCUT2D eigenvalue weighted by molar-refractivity contribution is 0.315. The highest BCUT2D eigenvalue weighted by atomic mass is 79.9. The van der Waals surface area contributed by atoms with Gasteiger partial charge in [-0.05, 0) is 46.5 Å². The lowest BCUT2D eigenvalue weighted by Gasteiger charge is -2.12. The average Bonchev–Trinajstić information content (AvgIpc) is 2.34. The molecular formula is C14H20Br2O. The van der Waals surface area contributed by atoms with Crippen molar-refractivity contribution in [2.24, 2.45) is 0 Å². The Morgan fingerprint density at radius 2 is 2.00 bits per heavy atom. The molecule has 0 aliphatic carbocycles. The minimum absolute atomic E-state index is 0.443. The van der Waals surface area contributed by atoms with Crippen LogP contribution in [0.1, 0.15) is 49.9 Å². The third kappa shape index (κ3) is 5.01. The van der Waals surface area contributed by atoms with E-state index in [0.29, 0.717) is 4.83 Å². The van der Waals surface area contributed by atoms with Crippen LogP contribution in [0.4, 0.5) is 0 Å². The molecular weight excluding hydrogens is 344 g/mol. The summed E-state index contributed by atoms with van der Waals surface area (Å²) in [6, 6.07) is 6.35. The van der Waals surface area contributed by atoms with E-state index in [-0.39, 0.29) is 0 Å². The van der Waals surface area contributed by atoms with Gasteiger partial charge in [0.15, 0.2) is 0 Å². The molecule has 96 valence electrons. The Balaban J connectivity index is 2.67. The molecule has 0 aromatic heterocycles. The molecule has 0 aliphatic rings. The third-order valence-corrected chi connectivity index (χ3v) is 4.20. The van der Waals surface area contributed by atoms with Crippen molar-refractivity contribution in [2.45, 2.75) is 44.4 Å². The van der Waals surface area contributed by atoms with Gasteiger partial charge in [-0.3, -0.25) is 0 Å². The zero-order valence-corrected chi connectivity index (χ0v) is 13.7. The molecule has 0 bridgehead atoms. The number of hydrogen-bond acceptors (Lipinski definition) is 1. The van der Waals surface area contributed by atoms with Gasteiger partial charge < -0.3 is 4.74 Å². The third-order valence-electron chi connectivity index (χ3n) is 2.59. The lowest BCUT2D eigenvalue weighted by atomic mass is 10.1. The summed E-state index contributed by atoms with van der Waals surface area (Å²) in [6.07, 6.45) is 4.70. The van der Waals surface area contributed by atoms with Gasteiger partial charge in [0, 0.05) is 4.83 Å². The van der Waals surface area contributed by atoms with Crippen molar-refractivity contribution in [3.05, 3.63) is 28.2 Å². The number of ether oxygens (including phenoxy) is 1. The van der Waals surface area contributed by atoms with Crippen molar-refractivity contribution < 1.29 is 4.74 Å². The fourth-order valence-electron chi connectivity index (χ4n) is 1.59. The molecule has 1 unspecified atom stereocenters. The maximum Gasteiger partial charge on any atom is 0.133 e. The number of hydrogen-bond donors (Lipinski definition) is 0. The summed E-state index contributed by atoms with van der Waals surface area (Å²) in [5.74, 6) is 0.936. The molecule has 0 aliphatic heterocycles. The minimum Gasteiger partial charge on any atom is -0.492 e. The van der Waals surface area contributed by atoms with Crippen molar-refractivity contribution in [1.29, 1.82) is 0 Å². The fourth-order valence-corrected chi connectivity index (χ4v) is 2.71. The van der Waals surface area contributed by atoms with Crippen LogP contribution < -0.4 is 4.74 Å².